The van der Waals surface area contributed by atoms with E-state index in [9.17, 15) is 4.57 Å². The number of benzene rings is 1. The molecule has 2 N–H and O–H groups in total. The number of aryl methyl sites for hydroxylation is 1. The highest BCUT2D eigenvalue weighted by molar-refractivity contribution is 7.46. The van der Waals surface area contributed by atoms with Gasteiger partial charge in [-0.3, -0.25) is 4.52 Å². The van der Waals surface area contributed by atoms with Gasteiger partial charge in [0.05, 0.1) is 13.2 Å². The van der Waals surface area contributed by atoms with Gasteiger partial charge in [-0.05, 0) is 85.8 Å². The Morgan fingerprint density at radius 2 is 1.85 bits per heavy atom. The Balaban J connectivity index is 1.33. The maximum atomic E-state index is 10.6. The zero-order valence-electron chi connectivity index (χ0n) is 16.5. The molecule has 2 bridgehead atoms. The highest BCUT2D eigenvalue weighted by Gasteiger charge is 2.53. The van der Waals surface area contributed by atoms with Crippen molar-refractivity contribution < 1.29 is 23.6 Å². The lowest BCUT2D eigenvalue weighted by Crippen LogP contribution is -2.52. The molecule has 152 valence electrons. The molecule has 3 aliphatic rings. The smallest absolute Gasteiger partial charge is 0.469 e. The third-order valence-corrected chi connectivity index (χ3v) is 7.32. The molecule has 3 aliphatic carbocycles. The minimum Gasteiger partial charge on any atom is -0.494 e. The summed E-state index contributed by atoms with van der Waals surface area (Å²) in [5.41, 5.74) is 1.74. The lowest BCUT2D eigenvalue weighted by atomic mass is 9.45. The molecule has 5 nitrogen and oxygen atoms in total. The van der Waals surface area contributed by atoms with Crippen molar-refractivity contribution in [2.45, 2.75) is 58.8 Å². The normalized spacial score (nSPS) is 26.4. The Kier molecular flexibility index (Phi) is 6.68. The zero-order chi connectivity index (χ0) is 19.5. The van der Waals surface area contributed by atoms with Crippen molar-refractivity contribution in [1.82, 2.24) is 0 Å². The number of phosphoric acid groups is 1. The lowest BCUT2D eigenvalue weighted by molar-refractivity contribution is -0.108. The number of fused-ring (bicyclic) bond motifs is 2. The summed E-state index contributed by atoms with van der Waals surface area (Å²) >= 11 is 0. The second kappa shape index (κ2) is 8.65. The standard InChI is InChI=1S/C21H33O5P/c1-21(2)18-9-8-17(20(21)15-18)12-14-25-19-10-6-16(7-11-19)5-3-4-13-26-27(22,23)24/h6-7,10-11,17-18,20H,3-5,8-9,12-15H2,1-2H3,(H2,22,23,24). The molecule has 0 saturated heterocycles. The number of phosphoric ester groups is 1. The summed E-state index contributed by atoms with van der Waals surface area (Å²) < 4.78 is 21.0. The van der Waals surface area contributed by atoms with Crippen LogP contribution in [0.5, 0.6) is 5.75 Å². The number of hydrogen-bond acceptors (Lipinski definition) is 3. The molecule has 3 atom stereocenters. The van der Waals surface area contributed by atoms with Gasteiger partial charge in [0.1, 0.15) is 5.75 Å². The Morgan fingerprint density at radius 3 is 2.48 bits per heavy atom. The topological polar surface area (TPSA) is 76.0 Å². The van der Waals surface area contributed by atoms with Gasteiger partial charge in [-0.15, -0.1) is 0 Å². The minimum absolute atomic E-state index is 0.0885. The van der Waals surface area contributed by atoms with Crippen LogP contribution in [0.4, 0.5) is 0 Å². The van der Waals surface area contributed by atoms with E-state index < -0.39 is 7.82 Å². The molecular formula is C21H33O5P. The van der Waals surface area contributed by atoms with Crippen LogP contribution < -0.4 is 4.74 Å². The van der Waals surface area contributed by atoms with E-state index in [0.717, 1.165) is 49.4 Å². The Labute approximate surface area is 162 Å². The predicted molar refractivity (Wildman–Crippen MR) is 106 cm³/mol. The molecule has 0 heterocycles. The van der Waals surface area contributed by atoms with Crippen molar-refractivity contribution >= 4 is 7.82 Å². The van der Waals surface area contributed by atoms with Crippen LogP contribution >= 0.6 is 7.82 Å². The second-order valence-electron chi connectivity index (χ2n) is 8.76. The first-order valence-electron chi connectivity index (χ1n) is 10.2. The quantitative estimate of drug-likeness (QED) is 0.432. The van der Waals surface area contributed by atoms with Crippen molar-refractivity contribution in [3.63, 3.8) is 0 Å². The van der Waals surface area contributed by atoms with Crippen LogP contribution in [0.25, 0.3) is 0 Å². The summed E-state index contributed by atoms with van der Waals surface area (Å²) in [5, 5.41) is 0. The van der Waals surface area contributed by atoms with Crippen LogP contribution in [-0.2, 0) is 15.5 Å². The van der Waals surface area contributed by atoms with E-state index in [-0.39, 0.29) is 6.61 Å². The van der Waals surface area contributed by atoms with Gasteiger partial charge < -0.3 is 14.5 Å². The fourth-order valence-corrected chi connectivity index (χ4v) is 5.37. The summed E-state index contributed by atoms with van der Waals surface area (Å²) in [6, 6.07) is 8.18. The van der Waals surface area contributed by atoms with Crippen molar-refractivity contribution in [2.75, 3.05) is 13.2 Å². The van der Waals surface area contributed by atoms with Crippen molar-refractivity contribution in [3.05, 3.63) is 29.8 Å². The van der Waals surface area contributed by atoms with Crippen LogP contribution in [-0.4, -0.2) is 23.0 Å². The largest absolute Gasteiger partial charge is 0.494 e. The van der Waals surface area contributed by atoms with Gasteiger partial charge in [0.15, 0.2) is 0 Å². The highest BCUT2D eigenvalue weighted by atomic mass is 31.2. The third-order valence-electron chi connectivity index (χ3n) is 6.80. The SMILES string of the molecule is CC1(C)C2CCC(CCOc3ccc(CCCCOP(=O)(O)O)cc3)C1C2. The van der Waals surface area contributed by atoms with Gasteiger partial charge in [-0.2, -0.15) is 0 Å². The maximum Gasteiger partial charge on any atom is 0.469 e. The molecule has 1 aromatic carbocycles. The van der Waals surface area contributed by atoms with Crippen LogP contribution in [0.3, 0.4) is 0 Å². The monoisotopic (exact) mass is 396 g/mol. The van der Waals surface area contributed by atoms with Gasteiger partial charge in [0, 0.05) is 0 Å². The number of unbranched alkanes of at least 4 members (excludes halogenated alkanes) is 1. The van der Waals surface area contributed by atoms with Gasteiger partial charge in [-0.25, -0.2) is 4.57 Å². The number of rotatable bonds is 10. The van der Waals surface area contributed by atoms with Gasteiger partial charge >= 0.3 is 7.82 Å². The van der Waals surface area contributed by atoms with E-state index in [0.29, 0.717) is 11.8 Å². The fraction of sp³-hybridized carbons (Fsp3) is 0.714. The summed E-state index contributed by atoms with van der Waals surface area (Å²) in [5.74, 6) is 3.58. The van der Waals surface area contributed by atoms with E-state index in [1.807, 2.05) is 12.1 Å². The Bertz CT molecular complexity index is 649. The first-order valence-corrected chi connectivity index (χ1v) is 11.7. The van der Waals surface area contributed by atoms with Crippen molar-refractivity contribution in [2.24, 2.45) is 23.2 Å². The van der Waals surface area contributed by atoms with E-state index in [1.165, 1.54) is 24.8 Å². The van der Waals surface area contributed by atoms with Gasteiger partial charge in [0.25, 0.3) is 0 Å². The van der Waals surface area contributed by atoms with E-state index >= 15 is 0 Å². The van der Waals surface area contributed by atoms with Gasteiger partial charge in [-0.1, -0.05) is 26.0 Å². The third kappa shape index (κ3) is 5.57. The average molecular weight is 396 g/mol. The highest BCUT2D eigenvalue weighted by Crippen LogP contribution is 2.61. The Hall–Kier alpha value is -0.870. The second-order valence-corrected chi connectivity index (χ2v) is 10.00. The summed E-state index contributed by atoms with van der Waals surface area (Å²) in [6.07, 6.45) is 7.66. The molecular weight excluding hydrogens is 363 g/mol. The molecule has 3 fully saturated rings. The number of ether oxygens (including phenoxy) is 1. The molecule has 6 heteroatoms. The van der Waals surface area contributed by atoms with Crippen LogP contribution in [0.2, 0.25) is 0 Å². The first kappa shape index (κ1) is 20.9. The number of hydrogen-bond donors (Lipinski definition) is 2. The van der Waals surface area contributed by atoms with Crippen molar-refractivity contribution in [1.29, 1.82) is 0 Å². The molecule has 0 aliphatic heterocycles. The van der Waals surface area contributed by atoms with Gasteiger partial charge in [0.2, 0.25) is 0 Å². The fourth-order valence-electron chi connectivity index (χ4n) is 5.00. The molecule has 1 aromatic rings. The molecule has 0 spiro atoms. The lowest BCUT2D eigenvalue weighted by Gasteiger charge is -2.60. The molecule has 4 rings (SSSR count). The summed E-state index contributed by atoms with van der Waals surface area (Å²) in [7, 11) is -4.33. The zero-order valence-corrected chi connectivity index (χ0v) is 17.4. The van der Waals surface area contributed by atoms with E-state index in [4.69, 9.17) is 14.5 Å². The predicted octanol–water partition coefficient (Wildman–Crippen LogP) is 4.96. The van der Waals surface area contributed by atoms with Crippen LogP contribution in [0.1, 0.15) is 57.9 Å². The molecule has 0 aromatic heterocycles. The molecule has 27 heavy (non-hydrogen) atoms. The Morgan fingerprint density at radius 1 is 1.11 bits per heavy atom. The molecule has 3 unspecified atom stereocenters. The van der Waals surface area contributed by atoms with Crippen molar-refractivity contribution in [3.8, 4) is 5.75 Å². The maximum absolute atomic E-state index is 10.6. The summed E-state index contributed by atoms with van der Waals surface area (Å²) in [6.45, 7) is 5.76. The first-order chi connectivity index (χ1) is 12.8. The summed E-state index contributed by atoms with van der Waals surface area (Å²) in [4.78, 5) is 17.3. The average Bonchev–Trinajstić information content (AvgIpc) is 2.62. The minimum atomic E-state index is -4.33. The van der Waals surface area contributed by atoms with E-state index in [1.54, 1.807) is 0 Å². The van der Waals surface area contributed by atoms with E-state index in [2.05, 4.69) is 30.5 Å². The van der Waals surface area contributed by atoms with Crippen LogP contribution in [0.15, 0.2) is 24.3 Å². The molecule has 3 saturated carbocycles. The van der Waals surface area contributed by atoms with Crippen LogP contribution in [0, 0.1) is 23.2 Å². The molecule has 0 amide bonds. The molecule has 0 radical (unpaired) electrons.